The predicted octanol–water partition coefficient (Wildman–Crippen LogP) is 4.92. The minimum absolute atomic E-state index is 0.262. The van der Waals surface area contributed by atoms with Gasteiger partial charge in [-0.05, 0) is 52.7 Å². The van der Waals surface area contributed by atoms with Crippen molar-refractivity contribution in [2.75, 3.05) is 0 Å². The highest BCUT2D eigenvalue weighted by atomic mass is 79.9. The van der Waals surface area contributed by atoms with Crippen molar-refractivity contribution in [3.63, 3.8) is 0 Å². The van der Waals surface area contributed by atoms with Gasteiger partial charge in [-0.15, -0.1) is 13.2 Å². The van der Waals surface area contributed by atoms with Crippen LogP contribution in [0.3, 0.4) is 0 Å². The normalized spacial score (nSPS) is 11.6. The van der Waals surface area contributed by atoms with E-state index in [1.165, 1.54) is 18.4 Å². The Hall–Kier alpha value is -1.43. The molecule has 0 spiro atoms. The Morgan fingerprint density at radius 3 is 2.50 bits per heavy atom. The van der Waals surface area contributed by atoms with Crippen LogP contribution >= 0.6 is 15.9 Å². The van der Waals surface area contributed by atoms with Crippen molar-refractivity contribution in [2.24, 2.45) is 0 Å². The molecule has 2 rings (SSSR count). The van der Waals surface area contributed by atoms with Crippen molar-refractivity contribution in [1.82, 2.24) is 0 Å². The van der Waals surface area contributed by atoms with Crippen LogP contribution in [0.2, 0.25) is 0 Å². The molecule has 0 saturated carbocycles. The van der Waals surface area contributed by atoms with Crippen molar-refractivity contribution in [3.8, 4) is 17.1 Å². The van der Waals surface area contributed by atoms with Crippen molar-refractivity contribution < 1.29 is 22.3 Å². The van der Waals surface area contributed by atoms with Gasteiger partial charge in [0.05, 0.1) is 6.26 Å². The van der Waals surface area contributed by atoms with Crippen LogP contribution in [0, 0.1) is 6.92 Å². The smallest absolute Gasteiger partial charge is 0.464 e. The summed E-state index contributed by atoms with van der Waals surface area (Å²) in [6.07, 6.45) is -3.20. The third-order valence-electron chi connectivity index (χ3n) is 2.26. The third-order valence-corrected chi connectivity index (χ3v) is 2.89. The van der Waals surface area contributed by atoms with Gasteiger partial charge in [0.2, 0.25) is 0 Å². The summed E-state index contributed by atoms with van der Waals surface area (Å²) >= 11 is 3.22. The van der Waals surface area contributed by atoms with E-state index in [4.69, 9.17) is 4.42 Å². The molecular formula is C12H8BrF3O2. The molecule has 1 heterocycles. The minimum atomic E-state index is -4.70. The lowest BCUT2D eigenvalue weighted by Gasteiger charge is -2.12. The average Bonchev–Trinajstić information content (AvgIpc) is 2.66. The number of halogens is 4. The number of aryl methyl sites for hydroxylation is 1. The first-order valence-electron chi connectivity index (χ1n) is 4.96. The Bertz CT molecular complexity index is 524. The Balaban J connectivity index is 2.42. The SMILES string of the molecule is Cc1cc(OC(F)(F)F)cc(Br)c1-c1ccco1. The summed E-state index contributed by atoms with van der Waals surface area (Å²) in [7, 11) is 0. The summed E-state index contributed by atoms with van der Waals surface area (Å²) < 4.78 is 46.0. The number of hydrogen-bond acceptors (Lipinski definition) is 2. The summed E-state index contributed by atoms with van der Waals surface area (Å²) in [6.45, 7) is 1.69. The lowest BCUT2D eigenvalue weighted by molar-refractivity contribution is -0.274. The summed E-state index contributed by atoms with van der Waals surface area (Å²) in [5.74, 6) is 0.320. The second kappa shape index (κ2) is 4.68. The maximum atomic E-state index is 12.1. The van der Waals surface area contributed by atoms with Gasteiger partial charge in [0.25, 0.3) is 0 Å². The Morgan fingerprint density at radius 2 is 2.00 bits per heavy atom. The van der Waals surface area contributed by atoms with E-state index in [0.29, 0.717) is 21.4 Å². The Labute approximate surface area is 109 Å². The molecule has 0 saturated heterocycles. The van der Waals surface area contributed by atoms with Crippen LogP contribution in [0.25, 0.3) is 11.3 Å². The second-order valence-corrected chi connectivity index (χ2v) is 4.48. The molecular weight excluding hydrogens is 313 g/mol. The number of furan rings is 1. The molecule has 2 nitrogen and oxygen atoms in total. The van der Waals surface area contributed by atoms with Gasteiger partial charge in [0, 0.05) is 10.0 Å². The average molecular weight is 321 g/mol. The van der Waals surface area contributed by atoms with Gasteiger partial charge >= 0.3 is 6.36 Å². The monoisotopic (exact) mass is 320 g/mol. The molecule has 1 aromatic heterocycles. The molecule has 6 heteroatoms. The molecule has 18 heavy (non-hydrogen) atoms. The molecule has 0 bridgehead atoms. The fourth-order valence-electron chi connectivity index (χ4n) is 1.64. The second-order valence-electron chi connectivity index (χ2n) is 3.62. The zero-order valence-corrected chi connectivity index (χ0v) is 10.8. The van der Waals surface area contributed by atoms with Crippen LogP contribution in [-0.4, -0.2) is 6.36 Å². The van der Waals surface area contributed by atoms with E-state index in [1.807, 2.05) is 0 Å². The molecule has 0 aliphatic carbocycles. The van der Waals surface area contributed by atoms with E-state index >= 15 is 0 Å². The largest absolute Gasteiger partial charge is 0.573 e. The number of ether oxygens (including phenoxy) is 1. The quantitative estimate of drug-likeness (QED) is 0.784. The molecule has 2 aromatic rings. The predicted molar refractivity (Wildman–Crippen MR) is 63.3 cm³/mol. The van der Waals surface area contributed by atoms with Crippen LogP contribution in [0.15, 0.2) is 39.4 Å². The molecule has 96 valence electrons. The van der Waals surface area contributed by atoms with Crippen LogP contribution in [-0.2, 0) is 0 Å². The highest BCUT2D eigenvalue weighted by Gasteiger charge is 2.31. The first kappa shape index (κ1) is 13.0. The van der Waals surface area contributed by atoms with Gasteiger partial charge in [0.1, 0.15) is 11.5 Å². The molecule has 1 aromatic carbocycles. The first-order chi connectivity index (χ1) is 8.37. The summed E-state index contributed by atoms with van der Waals surface area (Å²) in [6, 6.07) is 6.02. The Kier molecular flexibility index (Phi) is 3.38. The van der Waals surface area contributed by atoms with Crippen molar-refractivity contribution in [2.45, 2.75) is 13.3 Å². The number of hydrogen-bond donors (Lipinski definition) is 0. The van der Waals surface area contributed by atoms with Gasteiger partial charge in [-0.3, -0.25) is 0 Å². The van der Waals surface area contributed by atoms with Gasteiger partial charge in [-0.2, -0.15) is 0 Å². The van der Waals surface area contributed by atoms with E-state index in [0.717, 1.165) is 0 Å². The standard InChI is InChI=1S/C12H8BrF3O2/c1-7-5-8(18-12(14,15)16)6-9(13)11(7)10-3-2-4-17-10/h2-6H,1H3. The topological polar surface area (TPSA) is 22.4 Å². The van der Waals surface area contributed by atoms with E-state index in [9.17, 15) is 13.2 Å². The van der Waals surface area contributed by atoms with Crippen LogP contribution in [0.1, 0.15) is 5.56 Å². The number of benzene rings is 1. The maximum absolute atomic E-state index is 12.1. The highest BCUT2D eigenvalue weighted by Crippen LogP contribution is 2.36. The molecule has 0 amide bonds. The van der Waals surface area contributed by atoms with Gasteiger partial charge in [-0.1, -0.05) is 0 Å². The molecule has 0 radical (unpaired) electrons. The molecule has 0 aliphatic heterocycles. The first-order valence-corrected chi connectivity index (χ1v) is 5.76. The van der Waals surface area contributed by atoms with Crippen molar-refractivity contribution in [3.05, 3.63) is 40.6 Å². The highest BCUT2D eigenvalue weighted by molar-refractivity contribution is 9.10. The summed E-state index contributed by atoms with van der Waals surface area (Å²) in [4.78, 5) is 0. The summed E-state index contributed by atoms with van der Waals surface area (Å²) in [5.41, 5.74) is 1.33. The molecule has 0 aliphatic rings. The zero-order chi connectivity index (χ0) is 13.3. The fourth-order valence-corrected chi connectivity index (χ4v) is 2.37. The van der Waals surface area contributed by atoms with Crippen LogP contribution in [0.5, 0.6) is 5.75 Å². The lowest BCUT2D eigenvalue weighted by atomic mass is 10.1. The number of rotatable bonds is 2. The van der Waals surface area contributed by atoms with E-state index < -0.39 is 6.36 Å². The molecule has 0 unspecified atom stereocenters. The van der Waals surface area contributed by atoms with Gasteiger partial charge in [0.15, 0.2) is 0 Å². The zero-order valence-electron chi connectivity index (χ0n) is 9.22. The van der Waals surface area contributed by atoms with Crippen molar-refractivity contribution >= 4 is 15.9 Å². The summed E-state index contributed by atoms with van der Waals surface area (Å²) in [5, 5.41) is 0. The van der Waals surface area contributed by atoms with E-state index in [1.54, 1.807) is 19.1 Å². The van der Waals surface area contributed by atoms with Gasteiger partial charge in [-0.25, -0.2) is 0 Å². The molecule has 0 atom stereocenters. The third kappa shape index (κ3) is 2.87. The lowest BCUT2D eigenvalue weighted by Crippen LogP contribution is -2.17. The van der Waals surface area contributed by atoms with Gasteiger partial charge < -0.3 is 9.15 Å². The number of alkyl halides is 3. The maximum Gasteiger partial charge on any atom is 0.573 e. The van der Waals surface area contributed by atoms with E-state index in [2.05, 4.69) is 20.7 Å². The Morgan fingerprint density at radius 1 is 1.28 bits per heavy atom. The molecule has 0 fully saturated rings. The van der Waals surface area contributed by atoms with Crippen LogP contribution in [0.4, 0.5) is 13.2 Å². The van der Waals surface area contributed by atoms with E-state index in [-0.39, 0.29) is 5.75 Å². The van der Waals surface area contributed by atoms with Crippen molar-refractivity contribution in [1.29, 1.82) is 0 Å². The molecule has 0 N–H and O–H groups in total. The minimum Gasteiger partial charge on any atom is -0.464 e. The fraction of sp³-hybridized carbons (Fsp3) is 0.167. The van der Waals surface area contributed by atoms with Crippen LogP contribution < -0.4 is 4.74 Å².